The molecule has 160 valence electrons. The van der Waals surface area contributed by atoms with E-state index in [-0.39, 0.29) is 16.4 Å². The zero-order valence-electron chi connectivity index (χ0n) is 18.9. The summed E-state index contributed by atoms with van der Waals surface area (Å²) in [7, 11) is 1.68. The van der Waals surface area contributed by atoms with E-state index in [1.54, 1.807) is 31.4 Å². The molecule has 3 nitrogen and oxygen atoms in total. The molecule has 0 N–H and O–H groups in total. The van der Waals surface area contributed by atoms with E-state index in [4.69, 9.17) is 4.74 Å². The molecule has 4 rings (SSSR count). The summed E-state index contributed by atoms with van der Waals surface area (Å²) in [4.78, 5) is 11.1. The molecule has 3 aromatic rings. The number of carbonyl (C=O) groups is 1. The minimum absolute atomic E-state index is 0.131. The van der Waals surface area contributed by atoms with Crippen LogP contribution in [0.25, 0.3) is 22.3 Å². The third-order valence-corrected chi connectivity index (χ3v) is 6.81. The second kappa shape index (κ2) is 7.56. The highest BCUT2D eigenvalue weighted by Crippen LogP contribution is 2.48. The van der Waals surface area contributed by atoms with Gasteiger partial charge in [-0.2, -0.15) is 0 Å². The number of carboxylic acids is 1. The molecular formula is C28H29O3-. The van der Waals surface area contributed by atoms with Crippen LogP contribution in [-0.2, 0) is 10.8 Å². The Morgan fingerprint density at radius 2 is 1.35 bits per heavy atom. The lowest BCUT2D eigenvalue weighted by Gasteiger charge is -2.42. The third kappa shape index (κ3) is 3.74. The summed E-state index contributed by atoms with van der Waals surface area (Å²) in [5.74, 6) is -0.386. The molecule has 0 bridgehead atoms. The number of methoxy groups -OCH3 is 1. The fourth-order valence-corrected chi connectivity index (χ4v) is 4.75. The lowest BCUT2D eigenvalue weighted by Crippen LogP contribution is -2.33. The van der Waals surface area contributed by atoms with Gasteiger partial charge >= 0.3 is 0 Å². The molecule has 0 radical (unpaired) electrons. The Morgan fingerprint density at radius 1 is 0.806 bits per heavy atom. The molecular weight excluding hydrogens is 384 g/mol. The number of para-hydroxylation sites is 1. The van der Waals surface area contributed by atoms with Crippen molar-refractivity contribution in [3.05, 3.63) is 77.4 Å². The fraction of sp³-hybridized carbons (Fsp3) is 0.321. The minimum Gasteiger partial charge on any atom is -0.545 e. The molecule has 3 aromatic carbocycles. The Hall–Kier alpha value is -3.07. The van der Waals surface area contributed by atoms with Gasteiger partial charge in [-0.15, -0.1) is 0 Å². The number of hydrogen-bond acceptors (Lipinski definition) is 3. The number of ether oxygens (including phenoxy) is 1. The van der Waals surface area contributed by atoms with Crippen molar-refractivity contribution >= 4 is 5.97 Å². The number of carbonyl (C=O) groups excluding carboxylic acids is 1. The highest BCUT2D eigenvalue weighted by molar-refractivity contribution is 5.88. The monoisotopic (exact) mass is 413 g/mol. The van der Waals surface area contributed by atoms with Crippen molar-refractivity contribution in [1.82, 2.24) is 0 Å². The summed E-state index contributed by atoms with van der Waals surface area (Å²) in [6.45, 7) is 9.32. The quantitative estimate of drug-likeness (QED) is 0.548. The maximum Gasteiger partial charge on any atom is 0.134 e. The standard InChI is InChI=1S/C28H30O3/c1-27(2)15-16-28(3,4)24-17-20(13-14-23(24)27)22-8-6-7-21(25(22)31-5)18-9-11-19(12-10-18)26(29)30/h6-14,17H,15-16H2,1-5H3,(H,29,30)/p-1. The second-order valence-electron chi connectivity index (χ2n) is 9.78. The molecule has 0 saturated carbocycles. The second-order valence-corrected chi connectivity index (χ2v) is 9.78. The van der Waals surface area contributed by atoms with Crippen LogP contribution in [0.4, 0.5) is 0 Å². The van der Waals surface area contributed by atoms with Crippen molar-refractivity contribution in [1.29, 1.82) is 0 Å². The van der Waals surface area contributed by atoms with Crippen molar-refractivity contribution in [2.24, 2.45) is 0 Å². The number of rotatable bonds is 4. The molecule has 0 amide bonds. The summed E-state index contributed by atoms with van der Waals surface area (Å²) >= 11 is 0. The van der Waals surface area contributed by atoms with Crippen LogP contribution in [-0.4, -0.2) is 13.1 Å². The lowest BCUT2D eigenvalue weighted by molar-refractivity contribution is -0.255. The number of benzene rings is 3. The smallest absolute Gasteiger partial charge is 0.134 e. The maximum atomic E-state index is 11.1. The Balaban J connectivity index is 1.85. The number of carboxylic acid groups (broad SMARTS) is 1. The highest BCUT2D eigenvalue weighted by Gasteiger charge is 2.37. The van der Waals surface area contributed by atoms with E-state index >= 15 is 0 Å². The van der Waals surface area contributed by atoms with Crippen LogP contribution < -0.4 is 9.84 Å². The van der Waals surface area contributed by atoms with Crippen molar-refractivity contribution in [2.45, 2.75) is 51.4 Å². The van der Waals surface area contributed by atoms with Gasteiger partial charge in [0, 0.05) is 11.1 Å². The Bertz CT molecular complexity index is 1140. The number of hydrogen-bond donors (Lipinski definition) is 0. The summed E-state index contributed by atoms with van der Waals surface area (Å²) in [5, 5.41) is 11.1. The van der Waals surface area contributed by atoms with E-state index in [1.165, 1.54) is 24.0 Å². The molecule has 1 aliphatic carbocycles. The van der Waals surface area contributed by atoms with Gasteiger partial charge in [0.15, 0.2) is 0 Å². The van der Waals surface area contributed by atoms with Crippen LogP contribution in [0.5, 0.6) is 5.75 Å². The molecule has 0 fully saturated rings. The Labute approximate surface area is 184 Å². The van der Waals surface area contributed by atoms with E-state index in [9.17, 15) is 9.90 Å². The van der Waals surface area contributed by atoms with Crippen LogP contribution in [0.2, 0.25) is 0 Å². The normalized spacial score (nSPS) is 16.4. The van der Waals surface area contributed by atoms with E-state index in [1.807, 2.05) is 12.1 Å². The van der Waals surface area contributed by atoms with Crippen molar-refractivity contribution in [3.8, 4) is 28.0 Å². The van der Waals surface area contributed by atoms with Crippen molar-refractivity contribution in [3.63, 3.8) is 0 Å². The van der Waals surface area contributed by atoms with E-state index < -0.39 is 5.97 Å². The summed E-state index contributed by atoms with van der Waals surface area (Å²) < 4.78 is 5.87. The molecule has 0 heterocycles. The molecule has 0 saturated heterocycles. The number of aromatic carboxylic acids is 1. The topological polar surface area (TPSA) is 49.4 Å². The Kier molecular flexibility index (Phi) is 5.17. The first-order valence-electron chi connectivity index (χ1n) is 10.8. The zero-order valence-corrected chi connectivity index (χ0v) is 18.9. The molecule has 0 aromatic heterocycles. The van der Waals surface area contributed by atoms with Crippen molar-refractivity contribution in [2.75, 3.05) is 7.11 Å². The molecule has 3 heteroatoms. The van der Waals surface area contributed by atoms with Crippen LogP contribution in [0, 0.1) is 0 Å². The van der Waals surface area contributed by atoms with Gasteiger partial charge < -0.3 is 14.6 Å². The van der Waals surface area contributed by atoms with Gasteiger partial charge in [-0.25, -0.2) is 0 Å². The molecule has 1 aliphatic rings. The van der Waals surface area contributed by atoms with Crippen LogP contribution in [0.15, 0.2) is 60.7 Å². The molecule has 0 spiro atoms. The first-order chi connectivity index (χ1) is 14.6. The SMILES string of the molecule is COc1c(-c2ccc(C(=O)[O-])cc2)cccc1-c1ccc2c(c1)C(C)(C)CCC2(C)C. The average molecular weight is 414 g/mol. The molecule has 0 atom stereocenters. The van der Waals surface area contributed by atoms with Gasteiger partial charge in [-0.05, 0) is 51.5 Å². The van der Waals surface area contributed by atoms with Gasteiger partial charge in [-0.3, -0.25) is 0 Å². The van der Waals surface area contributed by atoms with Crippen LogP contribution in [0.3, 0.4) is 0 Å². The molecule has 0 unspecified atom stereocenters. The predicted octanol–water partition coefficient (Wildman–Crippen LogP) is 5.74. The van der Waals surface area contributed by atoms with Crippen LogP contribution >= 0.6 is 0 Å². The Morgan fingerprint density at radius 3 is 1.94 bits per heavy atom. The van der Waals surface area contributed by atoms with Gasteiger partial charge in [0.05, 0.1) is 13.1 Å². The summed E-state index contributed by atoms with van der Waals surface area (Å²) in [6.07, 6.45) is 2.35. The molecule has 0 aliphatic heterocycles. The summed E-state index contributed by atoms with van der Waals surface area (Å²) in [5.41, 5.74) is 7.32. The highest BCUT2D eigenvalue weighted by atomic mass is 16.5. The lowest BCUT2D eigenvalue weighted by atomic mass is 9.63. The zero-order chi connectivity index (χ0) is 22.4. The van der Waals surface area contributed by atoms with Gasteiger partial charge in [0.25, 0.3) is 0 Å². The minimum atomic E-state index is -1.17. The van der Waals surface area contributed by atoms with Gasteiger partial charge in [-0.1, -0.05) is 88.4 Å². The van der Waals surface area contributed by atoms with E-state index in [0.717, 1.165) is 28.0 Å². The largest absolute Gasteiger partial charge is 0.545 e. The van der Waals surface area contributed by atoms with Crippen LogP contribution in [0.1, 0.15) is 62.0 Å². The van der Waals surface area contributed by atoms with Gasteiger partial charge in [0.1, 0.15) is 5.75 Å². The van der Waals surface area contributed by atoms with Gasteiger partial charge in [0.2, 0.25) is 0 Å². The summed E-state index contributed by atoms with van der Waals surface area (Å²) in [6, 6.07) is 19.7. The van der Waals surface area contributed by atoms with E-state index in [0.29, 0.717) is 0 Å². The fourth-order valence-electron chi connectivity index (χ4n) is 4.75. The first-order valence-corrected chi connectivity index (χ1v) is 10.8. The third-order valence-electron chi connectivity index (χ3n) is 6.81. The first kappa shape index (κ1) is 21.2. The average Bonchev–Trinajstić information content (AvgIpc) is 2.76. The van der Waals surface area contributed by atoms with E-state index in [2.05, 4.69) is 52.0 Å². The molecule has 31 heavy (non-hydrogen) atoms. The maximum absolute atomic E-state index is 11.1. The number of fused-ring (bicyclic) bond motifs is 1. The van der Waals surface area contributed by atoms with Crippen molar-refractivity contribution < 1.29 is 14.6 Å². The predicted molar refractivity (Wildman–Crippen MR) is 123 cm³/mol.